The second-order valence-electron chi connectivity index (χ2n) is 4.87. The Morgan fingerprint density at radius 1 is 1.06 bits per heavy atom. The number of rotatable bonds is 2. The Hall–Kier alpha value is -2.13. The van der Waals surface area contributed by atoms with E-state index in [9.17, 15) is 0 Å². The summed E-state index contributed by atoms with van der Waals surface area (Å²) < 4.78 is 1.97. The molecular weight excluding hydrogens is 210 g/mol. The second-order valence-corrected chi connectivity index (χ2v) is 4.87. The highest BCUT2D eigenvalue weighted by Gasteiger charge is 2.24. The standard InChI is InChI=1S/C14H16N3/c1-14(2,3)13(12(9-15)10-16)11-17-7-5-4-6-8-17/h4-8H,11H2,1-3H3/q+1. The van der Waals surface area contributed by atoms with Crippen molar-refractivity contribution in [1.29, 1.82) is 10.5 Å². The fourth-order valence-electron chi connectivity index (χ4n) is 1.57. The van der Waals surface area contributed by atoms with E-state index in [1.807, 2.05) is 68.1 Å². The first-order valence-corrected chi connectivity index (χ1v) is 5.47. The third-order valence-electron chi connectivity index (χ3n) is 2.55. The summed E-state index contributed by atoms with van der Waals surface area (Å²) in [7, 11) is 0. The molecule has 1 aromatic rings. The van der Waals surface area contributed by atoms with Crippen LogP contribution in [-0.2, 0) is 6.54 Å². The van der Waals surface area contributed by atoms with Gasteiger partial charge < -0.3 is 0 Å². The summed E-state index contributed by atoms with van der Waals surface area (Å²) >= 11 is 0. The molecule has 0 atom stereocenters. The van der Waals surface area contributed by atoms with Gasteiger partial charge in [-0.25, -0.2) is 4.57 Å². The predicted molar refractivity (Wildman–Crippen MR) is 64.3 cm³/mol. The Balaban J connectivity index is 3.17. The van der Waals surface area contributed by atoms with Gasteiger partial charge in [0.1, 0.15) is 17.7 Å². The van der Waals surface area contributed by atoms with Gasteiger partial charge in [-0.3, -0.25) is 0 Å². The smallest absolute Gasteiger partial charge is 0.172 e. The third kappa shape index (κ3) is 3.43. The first kappa shape index (κ1) is 12.9. The molecule has 1 aromatic heterocycles. The van der Waals surface area contributed by atoms with Crippen LogP contribution in [0.4, 0.5) is 0 Å². The lowest BCUT2D eigenvalue weighted by molar-refractivity contribution is -0.690. The Morgan fingerprint density at radius 3 is 2.00 bits per heavy atom. The van der Waals surface area contributed by atoms with Crippen molar-refractivity contribution in [2.75, 3.05) is 0 Å². The van der Waals surface area contributed by atoms with Crippen LogP contribution < -0.4 is 4.57 Å². The van der Waals surface area contributed by atoms with Crippen molar-refractivity contribution in [3.63, 3.8) is 0 Å². The molecule has 0 saturated carbocycles. The highest BCUT2D eigenvalue weighted by Crippen LogP contribution is 2.27. The Kier molecular flexibility index (Phi) is 4.01. The van der Waals surface area contributed by atoms with E-state index in [0.717, 1.165) is 5.57 Å². The third-order valence-corrected chi connectivity index (χ3v) is 2.55. The van der Waals surface area contributed by atoms with Crippen LogP contribution in [0.15, 0.2) is 41.7 Å². The number of allylic oxidation sites excluding steroid dienone is 2. The van der Waals surface area contributed by atoms with E-state index >= 15 is 0 Å². The average Bonchev–Trinajstić information content (AvgIpc) is 2.29. The molecule has 0 aliphatic carbocycles. The normalized spacial score (nSPS) is 10.2. The molecule has 0 saturated heterocycles. The van der Waals surface area contributed by atoms with Crippen LogP contribution in [0, 0.1) is 28.1 Å². The van der Waals surface area contributed by atoms with Crippen molar-refractivity contribution >= 4 is 0 Å². The molecular formula is C14H16N3+. The summed E-state index contributed by atoms with van der Waals surface area (Å²) in [5.74, 6) is 0. The fourth-order valence-corrected chi connectivity index (χ4v) is 1.57. The van der Waals surface area contributed by atoms with Gasteiger partial charge in [-0.1, -0.05) is 26.8 Å². The van der Waals surface area contributed by atoms with Crippen LogP contribution >= 0.6 is 0 Å². The molecule has 0 N–H and O–H groups in total. The minimum absolute atomic E-state index is 0.191. The highest BCUT2D eigenvalue weighted by atomic mass is 14.9. The van der Waals surface area contributed by atoms with E-state index < -0.39 is 0 Å². The van der Waals surface area contributed by atoms with E-state index in [1.54, 1.807) is 0 Å². The molecule has 0 amide bonds. The van der Waals surface area contributed by atoms with Gasteiger partial charge in [0.05, 0.1) is 0 Å². The average molecular weight is 226 g/mol. The van der Waals surface area contributed by atoms with Gasteiger partial charge in [-0.15, -0.1) is 0 Å². The summed E-state index contributed by atoms with van der Waals surface area (Å²) in [5, 5.41) is 18.0. The first-order valence-electron chi connectivity index (χ1n) is 5.47. The van der Waals surface area contributed by atoms with Crippen molar-refractivity contribution < 1.29 is 4.57 Å². The lowest BCUT2D eigenvalue weighted by Gasteiger charge is -2.20. The fraction of sp³-hybridized carbons (Fsp3) is 0.357. The van der Waals surface area contributed by atoms with E-state index in [2.05, 4.69) is 0 Å². The maximum absolute atomic E-state index is 9.00. The Bertz CT molecular complexity index is 477. The summed E-state index contributed by atoms with van der Waals surface area (Å²) in [6.45, 7) is 6.61. The van der Waals surface area contributed by atoms with Crippen molar-refractivity contribution in [2.45, 2.75) is 27.3 Å². The lowest BCUT2D eigenvalue weighted by Crippen LogP contribution is -2.36. The van der Waals surface area contributed by atoms with E-state index in [1.165, 1.54) is 0 Å². The topological polar surface area (TPSA) is 51.5 Å². The van der Waals surface area contributed by atoms with Gasteiger partial charge in [-0.2, -0.15) is 10.5 Å². The van der Waals surface area contributed by atoms with Gasteiger partial charge in [0, 0.05) is 17.7 Å². The van der Waals surface area contributed by atoms with E-state index in [-0.39, 0.29) is 11.0 Å². The van der Waals surface area contributed by atoms with Crippen LogP contribution in [0.25, 0.3) is 0 Å². The molecule has 0 fully saturated rings. The molecule has 0 unspecified atom stereocenters. The van der Waals surface area contributed by atoms with Gasteiger partial charge in [0.25, 0.3) is 0 Å². The zero-order valence-electron chi connectivity index (χ0n) is 10.4. The van der Waals surface area contributed by atoms with Crippen LogP contribution in [0.5, 0.6) is 0 Å². The maximum atomic E-state index is 9.00. The molecule has 0 radical (unpaired) electrons. The highest BCUT2D eigenvalue weighted by molar-refractivity contribution is 5.41. The number of nitriles is 2. The summed E-state index contributed by atoms with van der Waals surface area (Å²) in [6.07, 6.45) is 3.86. The van der Waals surface area contributed by atoms with Crippen molar-refractivity contribution in [3.05, 3.63) is 41.7 Å². The summed E-state index contributed by atoms with van der Waals surface area (Å²) in [6, 6.07) is 9.76. The zero-order valence-corrected chi connectivity index (χ0v) is 10.4. The molecule has 17 heavy (non-hydrogen) atoms. The van der Waals surface area contributed by atoms with E-state index in [0.29, 0.717) is 6.54 Å². The quantitative estimate of drug-likeness (QED) is 0.574. The maximum Gasteiger partial charge on any atom is 0.172 e. The van der Waals surface area contributed by atoms with Crippen molar-refractivity contribution in [1.82, 2.24) is 0 Å². The number of hydrogen-bond acceptors (Lipinski definition) is 2. The van der Waals surface area contributed by atoms with Crippen LogP contribution in [-0.4, -0.2) is 0 Å². The van der Waals surface area contributed by atoms with Gasteiger partial charge >= 0.3 is 0 Å². The SMILES string of the molecule is CC(C)(C)C(C[n+]1ccccc1)=C(C#N)C#N. The first-order chi connectivity index (χ1) is 7.99. The molecule has 0 aliphatic rings. The van der Waals surface area contributed by atoms with Crippen LogP contribution in [0.2, 0.25) is 0 Å². The van der Waals surface area contributed by atoms with Crippen LogP contribution in [0.3, 0.4) is 0 Å². The largest absolute Gasteiger partial charge is 0.201 e. The number of hydrogen-bond donors (Lipinski definition) is 0. The van der Waals surface area contributed by atoms with Gasteiger partial charge in [0.2, 0.25) is 0 Å². The minimum Gasteiger partial charge on any atom is -0.201 e. The summed E-state index contributed by atoms with van der Waals surface area (Å²) in [5.41, 5.74) is 0.886. The molecule has 1 heterocycles. The van der Waals surface area contributed by atoms with Crippen molar-refractivity contribution in [3.8, 4) is 12.1 Å². The molecule has 0 aliphatic heterocycles. The van der Waals surface area contributed by atoms with Crippen LogP contribution in [0.1, 0.15) is 20.8 Å². The molecule has 86 valence electrons. The lowest BCUT2D eigenvalue weighted by atomic mass is 9.83. The minimum atomic E-state index is -0.191. The Labute approximate surface area is 102 Å². The molecule has 0 spiro atoms. The number of nitrogens with zero attached hydrogens (tertiary/aromatic N) is 3. The number of pyridine rings is 1. The molecule has 3 nitrogen and oxygen atoms in total. The second kappa shape index (κ2) is 5.27. The molecule has 0 aromatic carbocycles. The van der Waals surface area contributed by atoms with Gasteiger partial charge in [-0.05, 0) is 5.41 Å². The molecule has 0 bridgehead atoms. The van der Waals surface area contributed by atoms with E-state index in [4.69, 9.17) is 10.5 Å². The van der Waals surface area contributed by atoms with Crippen molar-refractivity contribution in [2.24, 2.45) is 5.41 Å². The van der Waals surface area contributed by atoms with Gasteiger partial charge in [0.15, 0.2) is 18.9 Å². The number of aromatic nitrogens is 1. The molecule has 1 rings (SSSR count). The zero-order chi connectivity index (χ0) is 12.9. The monoisotopic (exact) mass is 226 g/mol. The Morgan fingerprint density at radius 2 is 1.59 bits per heavy atom. The predicted octanol–water partition coefficient (Wildman–Crippen LogP) is 2.36. The summed E-state index contributed by atoms with van der Waals surface area (Å²) in [4.78, 5) is 0. The molecule has 3 heteroatoms.